The summed E-state index contributed by atoms with van der Waals surface area (Å²) >= 11 is 0. The average Bonchev–Trinajstić information content (AvgIpc) is 3.07. The molecule has 6 nitrogen and oxygen atoms in total. The van der Waals surface area contributed by atoms with Gasteiger partial charge in [0.25, 0.3) is 0 Å². The van der Waals surface area contributed by atoms with E-state index in [9.17, 15) is 15.0 Å². The molecule has 0 bridgehead atoms. The highest BCUT2D eigenvalue weighted by Crippen LogP contribution is 2.45. The number of phenols is 1. The predicted octanol–water partition coefficient (Wildman–Crippen LogP) is 10.5. The molecular formula is C42H43NO5. The quantitative estimate of drug-likeness (QED) is 0.130. The summed E-state index contributed by atoms with van der Waals surface area (Å²) in [4.78, 5) is 14.9. The molecule has 0 atom stereocenters. The van der Waals surface area contributed by atoms with Gasteiger partial charge in [-0.15, -0.1) is 0 Å². The van der Waals surface area contributed by atoms with Gasteiger partial charge in [-0.05, 0) is 130 Å². The fourth-order valence-corrected chi connectivity index (χ4v) is 6.90. The van der Waals surface area contributed by atoms with Crippen LogP contribution in [0.15, 0.2) is 115 Å². The van der Waals surface area contributed by atoms with Gasteiger partial charge in [0.15, 0.2) is 0 Å². The molecule has 0 amide bonds. The number of carbonyl (C=O) groups is 1. The summed E-state index contributed by atoms with van der Waals surface area (Å²) in [5, 5.41) is 20.3. The number of hydrogen-bond acceptors (Lipinski definition) is 6. The number of nitrogens with zero attached hydrogens (tertiary/aromatic N) is 1. The van der Waals surface area contributed by atoms with Crippen LogP contribution in [0.5, 0.6) is 17.2 Å². The maximum Gasteiger partial charge on any atom is 0.519 e. The predicted molar refractivity (Wildman–Crippen MR) is 191 cm³/mol. The minimum atomic E-state index is -0.886. The molecule has 5 aromatic carbocycles. The Labute approximate surface area is 283 Å². The first-order chi connectivity index (χ1) is 23.0. The summed E-state index contributed by atoms with van der Waals surface area (Å²) in [5.41, 5.74) is 7.36. The number of aromatic hydroxyl groups is 1. The van der Waals surface area contributed by atoms with Crippen LogP contribution in [0.25, 0.3) is 0 Å². The van der Waals surface area contributed by atoms with Crippen LogP contribution in [0.4, 0.5) is 21.9 Å². The normalized spacial score (nSPS) is 14.3. The number of phenolic OH excluding ortho intramolecular Hbond substituents is 1. The fraction of sp³-hybridized carbons (Fsp3) is 0.262. The largest absolute Gasteiger partial charge is 0.519 e. The third-order valence-electron chi connectivity index (χ3n) is 9.46. The molecule has 1 saturated carbocycles. The summed E-state index contributed by atoms with van der Waals surface area (Å²) in [6, 6.07) is 36.7. The van der Waals surface area contributed by atoms with Crippen LogP contribution in [0.3, 0.4) is 0 Å². The third kappa shape index (κ3) is 7.09. The highest BCUT2D eigenvalue weighted by Gasteiger charge is 2.36. The Hall–Kier alpha value is -5.07. The van der Waals surface area contributed by atoms with Crippen molar-refractivity contribution in [1.29, 1.82) is 0 Å². The lowest BCUT2D eigenvalue weighted by Crippen LogP contribution is -2.30. The molecule has 1 aliphatic rings. The van der Waals surface area contributed by atoms with Gasteiger partial charge in [-0.2, -0.15) is 0 Å². The van der Waals surface area contributed by atoms with Gasteiger partial charge in [-0.3, -0.25) is 0 Å². The maximum atomic E-state index is 12.8. The third-order valence-corrected chi connectivity index (χ3v) is 9.46. The summed E-state index contributed by atoms with van der Waals surface area (Å²) in [6.07, 6.45) is 4.79. The molecule has 0 unspecified atom stereocenters. The molecular weight excluding hydrogens is 598 g/mol. The number of aliphatic hydroxyl groups is 1. The molecule has 48 heavy (non-hydrogen) atoms. The van der Waals surface area contributed by atoms with E-state index in [4.69, 9.17) is 9.47 Å². The highest BCUT2D eigenvalue weighted by atomic mass is 16.7. The minimum absolute atomic E-state index is 0.123. The number of aryl methyl sites for hydroxylation is 2. The molecule has 2 N–H and O–H groups in total. The second-order valence-corrected chi connectivity index (χ2v) is 13.4. The summed E-state index contributed by atoms with van der Waals surface area (Å²) in [6.45, 7) is 7.74. The Kier molecular flexibility index (Phi) is 9.29. The molecule has 0 spiro atoms. The number of carbonyl (C=O) groups excluding carboxylic acids is 1. The van der Waals surface area contributed by atoms with Crippen molar-refractivity contribution in [3.05, 3.63) is 143 Å². The molecule has 0 aromatic heterocycles. The monoisotopic (exact) mass is 641 g/mol. The number of rotatable bonds is 8. The number of benzene rings is 5. The SMILES string of the molecule is Cc1ccc(N(c2ccc(O)cc2)c2ccc(OC(=O)Oc3ccc(C4(c5ccc(C(C)(C)O)cc5)CCCCC4)cc3)cc2)c(C)c1. The summed E-state index contributed by atoms with van der Waals surface area (Å²) in [7, 11) is 0. The molecule has 246 valence electrons. The van der Waals surface area contributed by atoms with Gasteiger partial charge < -0.3 is 24.6 Å². The van der Waals surface area contributed by atoms with Gasteiger partial charge in [0.1, 0.15) is 17.2 Å². The van der Waals surface area contributed by atoms with E-state index in [0.717, 1.165) is 53.9 Å². The topological polar surface area (TPSA) is 79.2 Å². The van der Waals surface area contributed by atoms with Gasteiger partial charge in [0.2, 0.25) is 0 Å². The Bertz CT molecular complexity index is 1850. The second-order valence-electron chi connectivity index (χ2n) is 13.4. The first-order valence-electron chi connectivity index (χ1n) is 16.6. The number of anilines is 3. The maximum absolute atomic E-state index is 12.8. The van der Waals surface area contributed by atoms with E-state index in [1.54, 1.807) is 38.1 Å². The van der Waals surface area contributed by atoms with Crippen molar-refractivity contribution in [2.45, 2.75) is 70.8 Å². The first-order valence-corrected chi connectivity index (χ1v) is 16.6. The van der Waals surface area contributed by atoms with Crippen LogP contribution >= 0.6 is 0 Å². The smallest absolute Gasteiger partial charge is 0.508 e. The van der Waals surface area contributed by atoms with Crippen LogP contribution in [0.1, 0.15) is 73.8 Å². The van der Waals surface area contributed by atoms with Crippen molar-refractivity contribution < 1.29 is 24.5 Å². The van der Waals surface area contributed by atoms with Crippen LogP contribution in [0.2, 0.25) is 0 Å². The standard InChI is InChI=1S/C42H43NO5/c1-29-8-25-39(30(2)28-29)43(34-15-19-36(44)20-16-34)35-17-23-38(24-18-35)48-40(45)47-37-21-13-33(14-22-37)42(26-6-5-7-27-42)32-11-9-31(10-12-32)41(3,4)46/h8-25,28,44,46H,5-7,26-27H2,1-4H3. The Morgan fingerprint density at radius 1 is 0.688 bits per heavy atom. The molecule has 5 aromatic rings. The molecule has 6 heteroatoms. The first kappa shape index (κ1) is 32.9. The molecule has 0 radical (unpaired) electrons. The van der Waals surface area contributed by atoms with Gasteiger partial charge >= 0.3 is 6.16 Å². The van der Waals surface area contributed by atoms with Crippen molar-refractivity contribution in [2.24, 2.45) is 0 Å². The van der Waals surface area contributed by atoms with E-state index >= 15 is 0 Å². The van der Waals surface area contributed by atoms with Crippen molar-refractivity contribution >= 4 is 23.2 Å². The lowest BCUT2D eigenvalue weighted by molar-refractivity contribution is 0.0785. The van der Waals surface area contributed by atoms with Crippen LogP contribution < -0.4 is 14.4 Å². The zero-order valence-electron chi connectivity index (χ0n) is 28.1. The van der Waals surface area contributed by atoms with Crippen molar-refractivity contribution in [2.75, 3.05) is 4.90 Å². The van der Waals surface area contributed by atoms with Crippen LogP contribution in [-0.2, 0) is 11.0 Å². The molecule has 6 rings (SSSR count). The van der Waals surface area contributed by atoms with Gasteiger partial charge in [0, 0.05) is 22.5 Å². The van der Waals surface area contributed by atoms with E-state index in [2.05, 4.69) is 61.2 Å². The van der Waals surface area contributed by atoms with Crippen LogP contribution in [-0.4, -0.2) is 16.4 Å². The molecule has 0 heterocycles. The van der Waals surface area contributed by atoms with Gasteiger partial charge in [-0.25, -0.2) is 4.79 Å². The van der Waals surface area contributed by atoms with E-state index in [1.807, 2.05) is 48.5 Å². The molecule has 0 saturated heterocycles. The zero-order valence-corrected chi connectivity index (χ0v) is 28.1. The van der Waals surface area contributed by atoms with Crippen molar-refractivity contribution in [1.82, 2.24) is 0 Å². The summed E-state index contributed by atoms with van der Waals surface area (Å²) in [5.74, 6) is 0.974. The van der Waals surface area contributed by atoms with E-state index in [1.165, 1.54) is 23.1 Å². The Balaban J connectivity index is 1.16. The molecule has 1 fully saturated rings. The van der Waals surface area contributed by atoms with E-state index in [-0.39, 0.29) is 11.2 Å². The lowest BCUT2D eigenvalue weighted by Gasteiger charge is -2.39. The average molecular weight is 642 g/mol. The van der Waals surface area contributed by atoms with Gasteiger partial charge in [-0.1, -0.05) is 73.4 Å². The Morgan fingerprint density at radius 2 is 1.19 bits per heavy atom. The van der Waals surface area contributed by atoms with Crippen LogP contribution in [0, 0.1) is 13.8 Å². The zero-order chi connectivity index (χ0) is 33.9. The van der Waals surface area contributed by atoms with E-state index < -0.39 is 11.8 Å². The van der Waals surface area contributed by atoms with Gasteiger partial charge in [0.05, 0.1) is 5.60 Å². The van der Waals surface area contributed by atoms with E-state index in [0.29, 0.717) is 11.5 Å². The molecule has 1 aliphatic carbocycles. The lowest BCUT2D eigenvalue weighted by atomic mass is 9.65. The fourth-order valence-electron chi connectivity index (χ4n) is 6.90. The number of hydrogen-bond donors (Lipinski definition) is 2. The molecule has 0 aliphatic heterocycles. The van der Waals surface area contributed by atoms with Crippen molar-refractivity contribution in [3.8, 4) is 17.2 Å². The minimum Gasteiger partial charge on any atom is -0.508 e. The second kappa shape index (κ2) is 13.6. The Morgan fingerprint density at radius 3 is 1.71 bits per heavy atom. The number of ether oxygens (including phenoxy) is 2. The summed E-state index contributed by atoms with van der Waals surface area (Å²) < 4.78 is 11.1. The highest BCUT2D eigenvalue weighted by molar-refractivity contribution is 5.79. The van der Waals surface area contributed by atoms with Crippen molar-refractivity contribution in [3.63, 3.8) is 0 Å².